The molecule has 3 rings (SSSR count). The lowest BCUT2D eigenvalue weighted by Gasteiger charge is -2.19. The van der Waals surface area contributed by atoms with E-state index in [1.54, 1.807) is 6.20 Å². The van der Waals surface area contributed by atoms with Crippen molar-refractivity contribution in [3.05, 3.63) is 42.2 Å². The molecule has 3 aromatic heterocycles. The maximum absolute atomic E-state index is 4.54. The summed E-state index contributed by atoms with van der Waals surface area (Å²) in [7, 11) is 0. The number of hydrogen-bond donors (Lipinski definition) is 2. The second-order valence-electron chi connectivity index (χ2n) is 9.59. The van der Waals surface area contributed by atoms with Gasteiger partial charge in [-0.25, -0.2) is 4.68 Å². The number of nitrogens with one attached hydrogen (secondary N) is 2. The standard InChI is InChI=1S/C19H30N8/c1-17(2,3)15-8-10-25(22-15)13-18(4,5)16-12-21-27(23-16)14-19(6,7)26-11-9-20-24-26/h8-12H,13-14H2,1-7H3/p+2. The van der Waals surface area contributed by atoms with Crippen molar-refractivity contribution in [2.24, 2.45) is 0 Å². The Morgan fingerprint density at radius 1 is 1.00 bits per heavy atom. The Bertz CT molecular complexity index is 877. The van der Waals surface area contributed by atoms with Gasteiger partial charge in [0.25, 0.3) is 0 Å². The molecule has 0 saturated heterocycles. The fourth-order valence-electron chi connectivity index (χ4n) is 3.12. The number of aromatic nitrogens is 8. The first-order chi connectivity index (χ1) is 12.5. The van der Waals surface area contributed by atoms with E-state index in [9.17, 15) is 0 Å². The molecule has 0 spiro atoms. The fourth-order valence-corrected chi connectivity index (χ4v) is 3.12. The lowest BCUT2D eigenvalue weighted by atomic mass is 9.90. The lowest BCUT2D eigenvalue weighted by Crippen LogP contribution is -2.50. The van der Waals surface area contributed by atoms with Gasteiger partial charge >= 0.3 is 0 Å². The highest BCUT2D eigenvalue weighted by molar-refractivity contribution is 5.08. The van der Waals surface area contributed by atoms with Gasteiger partial charge in [0.1, 0.15) is 17.4 Å². The SMILES string of the molecule is CC(C)(C)c1cc[n+](CC(C)(C)c2cn[n+](CC(C)(C)n3ccnn3)[nH]2)[nH]1. The topological polar surface area (TPSA) is 82.9 Å². The minimum Gasteiger partial charge on any atom is -0.240 e. The third-order valence-electron chi connectivity index (χ3n) is 4.94. The molecular formula is C19H32N8+2. The molecule has 2 N–H and O–H groups in total. The number of nitrogens with zero attached hydrogens (tertiary/aromatic N) is 6. The summed E-state index contributed by atoms with van der Waals surface area (Å²) in [6, 6.07) is 2.16. The second kappa shape index (κ2) is 6.58. The molecule has 0 aliphatic rings. The minimum absolute atomic E-state index is 0.0969. The molecule has 8 heteroatoms. The van der Waals surface area contributed by atoms with Crippen LogP contribution in [-0.4, -0.2) is 30.3 Å². The van der Waals surface area contributed by atoms with E-state index in [-0.39, 0.29) is 16.4 Å². The summed E-state index contributed by atoms with van der Waals surface area (Å²) in [4.78, 5) is 1.87. The molecule has 3 heterocycles. The summed E-state index contributed by atoms with van der Waals surface area (Å²) in [5.41, 5.74) is 2.11. The molecule has 0 aliphatic heterocycles. The molecule has 146 valence electrons. The van der Waals surface area contributed by atoms with Crippen LogP contribution in [0.5, 0.6) is 0 Å². The molecule has 0 atom stereocenters. The second-order valence-corrected chi connectivity index (χ2v) is 9.59. The van der Waals surface area contributed by atoms with E-state index in [1.807, 2.05) is 21.9 Å². The lowest BCUT2D eigenvalue weighted by molar-refractivity contribution is -0.811. The first-order valence-corrected chi connectivity index (χ1v) is 9.39. The normalized spacial score (nSPS) is 13.3. The molecule has 0 amide bonds. The van der Waals surface area contributed by atoms with Crippen LogP contribution in [0.25, 0.3) is 0 Å². The average Bonchev–Trinajstić information content (AvgIpc) is 3.27. The molecular weight excluding hydrogens is 340 g/mol. The van der Waals surface area contributed by atoms with Gasteiger partial charge in [0.15, 0.2) is 12.7 Å². The van der Waals surface area contributed by atoms with Gasteiger partial charge in [-0.05, 0) is 32.5 Å². The summed E-state index contributed by atoms with van der Waals surface area (Å²) in [6.45, 7) is 16.8. The van der Waals surface area contributed by atoms with Crippen LogP contribution in [0.2, 0.25) is 0 Å². The fraction of sp³-hybridized carbons (Fsp3) is 0.632. The van der Waals surface area contributed by atoms with Crippen molar-refractivity contribution < 1.29 is 9.48 Å². The van der Waals surface area contributed by atoms with Gasteiger partial charge in [-0.1, -0.05) is 26.0 Å². The summed E-state index contributed by atoms with van der Waals surface area (Å²) < 4.78 is 4.00. The zero-order valence-electron chi connectivity index (χ0n) is 17.5. The molecule has 27 heavy (non-hydrogen) atoms. The average molecular weight is 373 g/mol. The van der Waals surface area contributed by atoms with Crippen LogP contribution in [0.15, 0.2) is 30.9 Å². The maximum atomic E-state index is 4.54. The predicted octanol–water partition coefficient (Wildman–Crippen LogP) is 1.61. The molecule has 8 nitrogen and oxygen atoms in total. The van der Waals surface area contributed by atoms with Crippen LogP contribution in [-0.2, 0) is 29.5 Å². The molecule has 0 saturated carbocycles. The molecule has 0 aliphatic carbocycles. The van der Waals surface area contributed by atoms with Crippen LogP contribution in [0.1, 0.15) is 59.9 Å². The van der Waals surface area contributed by atoms with Crippen molar-refractivity contribution >= 4 is 0 Å². The Balaban J connectivity index is 1.73. The van der Waals surface area contributed by atoms with Crippen molar-refractivity contribution in [1.29, 1.82) is 0 Å². The first kappa shape index (κ1) is 19.3. The highest BCUT2D eigenvalue weighted by Crippen LogP contribution is 2.22. The molecule has 0 unspecified atom stereocenters. The highest BCUT2D eigenvalue weighted by atomic mass is 15.5. The third kappa shape index (κ3) is 4.26. The van der Waals surface area contributed by atoms with E-state index in [0.717, 1.165) is 12.2 Å². The van der Waals surface area contributed by atoms with E-state index in [0.29, 0.717) is 6.54 Å². The van der Waals surface area contributed by atoms with Crippen LogP contribution in [0.4, 0.5) is 0 Å². The number of hydrogen-bond acceptors (Lipinski definition) is 3. The smallest absolute Gasteiger partial charge is 0.225 e. The predicted molar refractivity (Wildman–Crippen MR) is 101 cm³/mol. The van der Waals surface area contributed by atoms with Crippen molar-refractivity contribution in [3.8, 4) is 0 Å². The van der Waals surface area contributed by atoms with Gasteiger partial charge < -0.3 is 0 Å². The van der Waals surface area contributed by atoms with Crippen molar-refractivity contribution in [2.45, 2.75) is 77.9 Å². The largest absolute Gasteiger partial charge is 0.240 e. The van der Waals surface area contributed by atoms with Crippen LogP contribution < -0.4 is 9.48 Å². The summed E-state index contributed by atoms with van der Waals surface area (Å²) >= 11 is 0. The Kier molecular flexibility index (Phi) is 4.69. The van der Waals surface area contributed by atoms with E-state index < -0.39 is 0 Å². The quantitative estimate of drug-likeness (QED) is 0.645. The van der Waals surface area contributed by atoms with E-state index >= 15 is 0 Å². The van der Waals surface area contributed by atoms with Gasteiger partial charge in [0, 0.05) is 22.8 Å². The molecule has 0 fully saturated rings. The van der Waals surface area contributed by atoms with Gasteiger partial charge in [-0.3, -0.25) is 0 Å². The van der Waals surface area contributed by atoms with E-state index in [4.69, 9.17) is 0 Å². The van der Waals surface area contributed by atoms with Crippen molar-refractivity contribution in [2.75, 3.05) is 0 Å². The maximum Gasteiger partial charge on any atom is 0.225 e. The Labute approximate surface area is 160 Å². The van der Waals surface area contributed by atoms with Crippen LogP contribution in [0.3, 0.4) is 0 Å². The number of aromatic amines is 2. The zero-order valence-corrected chi connectivity index (χ0v) is 17.5. The first-order valence-electron chi connectivity index (χ1n) is 9.39. The van der Waals surface area contributed by atoms with E-state index in [2.05, 4.69) is 91.0 Å². The van der Waals surface area contributed by atoms with Gasteiger partial charge in [-0.2, -0.15) is 5.10 Å². The van der Waals surface area contributed by atoms with Crippen molar-refractivity contribution in [3.63, 3.8) is 0 Å². The Morgan fingerprint density at radius 3 is 2.33 bits per heavy atom. The Hall–Kier alpha value is -2.51. The monoisotopic (exact) mass is 372 g/mol. The number of rotatable bonds is 6. The van der Waals surface area contributed by atoms with Crippen molar-refractivity contribution in [1.82, 2.24) is 30.3 Å². The zero-order chi connectivity index (χ0) is 19.9. The Morgan fingerprint density at radius 2 is 1.74 bits per heavy atom. The van der Waals surface area contributed by atoms with Crippen LogP contribution >= 0.6 is 0 Å². The highest BCUT2D eigenvalue weighted by Gasteiger charge is 2.34. The minimum atomic E-state index is -0.226. The number of H-pyrrole nitrogens is 2. The summed E-state index contributed by atoms with van der Waals surface area (Å²) in [5.74, 6) is 0. The molecule has 0 radical (unpaired) electrons. The summed E-state index contributed by atoms with van der Waals surface area (Å²) in [6.07, 6.45) is 7.61. The van der Waals surface area contributed by atoms with Crippen LogP contribution in [0, 0.1) is 0 Å². The van der Waals surface area contributed by atoms with Gasteiger partial charge in [0.2, 0.25) is 6.54 Å². The molecule has 0 bridgehead atoms. The van der Waals surface area contributed by atoms with Gasteiger partial charge in [0.05, 0.1) is 17.3 Å². The van der Waals surface area contributed by atoms with Gasteiger partial charge in [-0.15, -0.1) is 14.9 Å². The van der Waals surface area contributed by atoms with E-state index in [1.165, 1.54) is 5.69 Å². The molecule has 0 aromatic carbocycles. The summed E-state index contributed by atoms with van der Waals surface area (Å²) in [5, 5.41) is 19.5. The molecule has 3 aromatic rings. The third-order valence-corrected chi connectivity index (χ3v) is 4.94.